The van der Waals surface area contributed by atoms with E-state index in [1.807, 2.05) is 0 Å². The molecule has 4 nitrogen and oxygen atoms in total. The molecule has 0 aliphatic rings. The maximum Gasteiger partial charge on any atom is 0.238 e. The van der Waals surface area contributed by atoms with Crippen molar-refractivity contribution in [3.05, 3.63) is 77.9 Å². The number of hydrogen-bond donors (Lipinski definition) is 2. The van der Waals surface area contributed by atoms with E-state index >= 15 is 0 Å². The number of primary sulfonamides is 1. The minimum Gasteiger partial charge on any atom is -0.392 e. The maximum atomic E-state index is 13.8. The number of rotatable bonds is 4. The first-order valence-corrected chi connectivity index (χ1v) is 9.16. The van der Waals surface area contributed by atoms with Gasteiger partial charge in [-0.25, -0.2) is 22.3 Å². The molecule has 0 unspecified atom stereocenters. The number of benzene rings is 3. The smallest absolute Gasteiger partial charge is 0.238 e. The lowest BCUT2D eigenvalue weighted by molar-refractivity contribution is 0.282. The van der Waals surface area contributed by atoms with Gasteiger partial charge < -0.3 is 5.11 Å². The molecule has 0 aliphatic heterocycles. The highest BCUT2D eigenvalue weighted by atomic mass is 32.2. The lowest BCUT2D eigenvalue weighted by Gasteiger charge is -2.12. The highest BCUT2D eigenvalue weighted by Crippen LogP contribution is 2.34. The lowest BCUT2D eigenvalue weighted by atomic mass is 9.94. The van der Waals surface area contributed by atoms with Crippen molar-refractivity contribution in [2.75, 3.05) is 0 Å². The molecule has 3 aromatic rings. The van der Waals surface area contributed by atoms with E-state index in [2.05, 4.69) is 0 Å². The van der Waals surface area contributed by atoms with Gasteiger partial charge in [0, 0.05) is 0 Å². The van der Waals surface area contributed by atoms with E-state index in [1.54, 1.807) is 24.3 Å². The average molecular weight is 375 g/mol. The first-order valence-electron chi connectivity index (χ1n) is 7.62. The molecule has 134 valence electrons. The third-order valence-electron chi connectivity index (χ3n) is 4.00. The van der Waals surface area contributed by atoms with Crippen LogP contribution in [0.25, 0.3) is 22.3 Å². The van der Waals surface area contributed by atoms with Crippen LogP contribution in [0.3, 0.4) is 0 Å². The van der Waals surface area contributed by atoms with Gasteiger partial charge in [0.15, 0.2) is 11.6 Å². The summed E-state index contributed by atoms with van der Waals surface area (Å²) in [5.41, 5.74) is 2.68. The zero-order valence-electron chi connectivity index (χ0n) is 13.5. The van der Waals surface area contributed by atoms with Gasteiger partial charge in [-0.1, -0.05) is 36.4 Å². The van der Waals surface area contributed by atoms with E-state index in [4.69, 9.17) is 10.2 Å². The zero-order valence-corrected chi connectivity index (χ0v) is 14.3. The number of aliphatic hydroxyl groups excluding tert-OH is 1. The first-order chi connectivity index (χ1) is 12.3. The van der Waals surface area contributed by atoms with Gasteiger partial charge in [-0.2, -0.15) is 0 Å². The Morgan fingerprint density at radius 2 is 1.23 bits per heavy atom. The van der Waals surface area contributed by atoms with Crippen LogP contribution in [0.15, 0.2) is 65.6 Å². The Bertz CT molecular complexity index is 1050. The van der Waals surface area contributed by atoms with E-state index in [1.165, 1.54) is 24.3 Å². The minimum absolute atomic E-state index is 0.0716. The molecule has 7 heteroatoms. The normalized spacial score (nSPS) is 11.5. The molecule has 0 amide bonds. The largest absolute Gasteiger partial charge is 0.392 e. The maximum absolute atomic E-state index is 13.8. The summed E-state index contributed by atoms with van der Waals surface area (Å²) in [5.74, 6) is -2.00. The second-order valence-electron chi connectivity index (χ2n) is 5.74. The Hall–Kier alpha value is -2.61. The average Bonchev–Trinajstić information content (AvgIpc) is 2.63. The molecular formula is C19H15F2NO3S. The van der Waals surface area contributed by atoms with Crippen LogP contribution in [0, 0.1) is 11.6 Å². The Labute approximate surface area is 149 Å². The fourth-order valence-electron chi connectivity index (χ4n) is 2.64. The number of aliphatic hydroxyl groups is 1. The van der Waals surface area contributed by atoms with Crippen LogP contribution in [-0.2, 0) is 16.6 Å². The van der Waals surface area contributed by atoms with Gasteiger partial charge in [0.1, 0.15) is 0 Å². The van der Waals surface area contributed by atoms with Gasteiger partial charge in [-0.05, 0) is 52.1 Å². The predicted molar refractivity (Wildman–Crippen MR) is 94.5 cm³/mol. The van der Waals surface area contributed by atoms with Gasteiger partial charge in [-0.3, -0.25) is 0 Å². The molecule has 0 bridgehead atoms. The summed E-state index contributed by atoms with van der Waals surface area (Å²) in [6.07, 6.45) is 0. The Balaban J connectivity index is 2.15. The molecule has 3 aromatic carbocycles. The molecule has 3 rings (SSSR count). The number of halogens is 2. The Morgan fingerprint density at radius 3 is 1.62 bits per heavy atom. The summed E-state index contributed by atoms with van der Waals surface area (Å²) in [6.45, 7) is -0.125. The summed E-state index contributed by atoms with van der Waals surface area (Å²) in [4.78, 5) is -0.0716. The molecule has 0 aromatic heterocycles. The highest BCUT2D eigenvalue weighted by molar-refractivity contribution is 7.89. The van der Waals surface area contributed by atoms with Crippen LogP contribution in [0.5, 0.6) is 0 Å². The molecule has 26 heavy (non-hydrogen) atoms. The number of nitrogens with two attached hydrogens (primary N) is 1. The minimum atomic E-state index is -3.84. The monoisotopic (exact) mass is 375 g/mol. The topological polar surface area (TPSA) is 80.4 Å². The molecule has 0 heterocycles. The third kappa shape index (κ3) is 3.65. The molecule has 0 atom stereocenters. The molecule has 0 radical (unpaired) electrons. The van der Waals surface area contributed by atoms with Crippen molar-refractivity contribution in [3.8, 4) is 22.3 Å². The Morgan fingerprint density at radius 1 is 0.808 bits per heavy atom. The summed E-state index contributed by atoms with van der Waals surface area (Å²) < 4.78 is 50.4. The summed E-state index contributed by atoms with van der Waals surface area (Å²) in [7, 11) is -3.84. The standard InChI is InChI=1S/C19H15F2NO3S/c20-18-9-16(13-3-1-12(11-23)2-4-13)17(10-19(18)21)14-5-7-15(8-6-14)26(22,24)25/h1-10,23H,11H2,(H2,22,24,25). The van der Waals surface area contributed by atoms with Crippen LogP contribution in [-0.4, -0.2) is 13.5 Å². The fraction of sp³-hybridized carbons (Fsp3) is 0.0526. The number of sulfonamides is 1. The van der Waals surface area contributed by atoms with Crippen molar-refractivity contribution in [2.24, 2.45) is 5.14 Å². The fourth-order valence-corrected chi connectivity index (χ4v) is 3.15. The molecule has 0 fully saturated rings. The van der Waals surface area contributed by atoms with Crippen molar-refractivity contribution in [2.45, 2.75) is 11.5 Å². The lowest BCUT2D eigenvalue weighted by Crippen LogP contribution is -2.11. The second kappa shape index (κ2) is 6.95. The summed E-state index contributed by atoms with van der Waals surface area (Å²) in [5, 5.41) is 14.2. The summed E-state index contributed by atoms with van der Waals surface area (Å²) in [6, 6.07) is 14.5. The van der Waals surface area contributed by atoms with Crippen molar-refractivity contribution in [1.82, 2.24) is 0 Å². The molecule has 0 aliphatic carbocycles. The van der Waals surface area contributed by atoms with Crippen LogP contribution in [0.2, 0.25) is 0 Å². The Kier molecular flexibility index (Phi) is 4.86. The quantitative estimate of drug-likeness (QED) is 0.733. The molecule has 0 spiro atoms. The van der Waals surface area contributed by atoms with Crippen LogP contribution in [0.4, 0.5) is 8.78 Å². The second-order valence-corrected chi connectivity index (χ2v) is 7.30. The van der Waals surface area contributed by atoms with Gasteiger partial charge in [0.05, 0.1) is 11.5 Å². The van der Waals surface area contributed by atoms with Gasteiger partial charge in [-0.15, -0.1) is 0 Å². The van der Waals surface area contributed by atoms with Crippen molar-refractivity contribution in [1.29, 1.82) is 0 Å². The molecule has 0 saturated carbocycles. The van der Waals surface area contributed by atoms with Crippen LogP contribution >= 0.6 is 0 Å². The molecular weight excluding hydrogens is 360 g/mol. The SMILES string of the molecule is NS(=O)(=O)c1ccc(-c2cc(F)c(F)cc2-c2ccc(CO)cc2)cc1. The van der Waals surface area contributed by atoms with Gasteiger partial charge in [0.25, 0.3) is 0 Å². The van der Waals surface area contributed by atoms with E-state index in [0.29, 0.717) is 27.8 Å². The van der Waals surface area contributed by atoms with Crippen molar-refractivity contribution in [3.63, 3.8) is 0 Å². The first kappa shape index (κ1) is 18.2. The van der Waals surface area contributed by atoms with Crippen molar-refractivity contribution < 1.29 is 22.3 Å². The van der Waals surface area contributed by atoms with E-state index in [9.17, 15) is 17.2 Å². The van der Waals surface area contributed by atoms with E-state index in [-0.39, 0.29) is 11.5 Å². The highest BCUT2D eigenvalue weighted by Gasteiger charge is 2.14. The van der Waals surface area contributed by atoms with Crippen LogP contribution < -0.4 is 5.14 Å². The predicted octanol–water partition coefficient (Wildman–Crippen LogP) is 3.44. The van der Waals surface area contributed by atoms with Crippen LogP contribution in [0.1, 0.15) is 5.56 Å². The van der Waals surface area contributed by atoms with Gasteiger partial charge >= 0.3 is 0 Å². The third-order valence-corrected chi connectivity index (χ3v) is 4.93. The van der Waals surface area contributed by atoms with Gasteiger partial charge in [0.2, 0.25) is 10.0 Å². The molecule has 3 N–H and O–H groups in total. The van der Waals surface area contributed by atoms with E-state index < -0.39 is 21.7 Å². The number of hydrogen-bond acceptors (Lipinski definition) is 3. The van der Waals surface area contributed by atoms with Crippen molar-refractivity contribution >= 4 is 10.0 Å². The zero-order chi connectivity index (χ0) is 18.9. The van der Waals surface area contributed by atoms with E-state index in [0.717, 1.165) is 12.1 Å². The molecule has 0 saturated heterocycles. The summed E-state index contributed by atoms with van der Waals surface area (Å²) >= 11 is 0.